The van der Waals surface area contributed by atoms with Crippen LogP contribution < -0.4 is 0 Å². The van der Waals surface area contributed by atoms with Crippen LogP contribution in [0, 0.1) is 13.8 Å². The molecule has 0 saturated heterocycles. The Bertz CT molecular complexity index is 738. The molecule has 0 radical (unpaired) electrons. The van der Waals surface area contributed by atoms with Crippen LogP contribution in [0.15, 0.2) is 22.6 Å². The van der Waals surface area contributed by atoms with E-state index in [0.29, 0.717) is 0 Å². The number of likely N-dealkylation sites (N-methyl/N-ethyl adjacent to an activating group) is 1. The number of benzene rings is 1. The molecule has 0 fully saturated rings. The summed E-state index contributed by atoms with van der Waals surface area (Å²) in [5.41, 5.74) is 3.52. The number of fused-ring (bicyclic) bond motifs is 1. The Morgan fingerprint density at radius 1 is 1.12 bits per heavy atom. The highest BCUT2D eigenvalue weighted by Gasteiger charge is 2.38. The molecule has 0 aliphatic carbocycles. The molecule has 1 aromatic carbocycles. The smallest absolute Gasteiger partial charge is 0.192 e. The number of aryl methyl sites for hydroxylation is 2. The zero-order chi connectivity index (χ0) is 19.7. The summed E-state index contributed by atoms with van der Waals surface area (Å²) in [6.45, 7) is 22.9. The molecule has 1 aromatic heterocycles. The van der Waals surface area contributed by atoms with Crippen molar-refractivity contribution in [3.05, 3.63) is 35.1 Å². The zero-order valence-corrected chi connectivity index (χ0v) is 19.2. The third-order valence-corrected chi connectivity index (χ3v) is 10.8. The van der Waals surface area contributed by atoms with Gasteiger partial charge in [-0.2, -0.15) is 0 Å². The third kappa shape index (κ3) is 4.08. The lowest BCUT2D eigenvalue weighted by Gasteiger charge is -2.39. The van der Waals surface area contributed by atoms with Gasteiger partial charge in [-0.1, -0.05) is 52.8 Å². The van der Waals surface area contributed by atoms with Crippen molar-refractivity contribution < 1.29 is 8.84 Å². The van der Waals surface area contributed by atoms with Crippen molar-refractivity contribution in [1.82, 2.24) is 4.90 Å². The number of para-hydroxylation sites is 1. The monoisotopic (exact) mass is 375 g/mol. The molecule has 0 aliphatic heterocycles. The Balaban J connectivity index is 2.45. The lowest BCUT2D eigenvalue weighted by molar-refractivity contribution is 0.138. The SMILES string of the molecule is CCN(CC)C(CO[Si](C)(C)C(C)(C)C)c1cccc2c(C)c(C)oc12. The van der Waals surface area contributed by atoms with Crippen LogP contribution in [0.5, 0.6) is 0 Å². The highest BCUT2D eigenvalue weighted by atomic mass is 28.4. The van der Waals surface area contributed by atoms with Gasteiger partial charge in [0.05, 0.1) is 12.6 Å². The van der Waals surface area contributed by atoms with Crippen LogP contribution in [-0.2, 0) is 4.43 Å². The van der Waals surface area contributed by atoms with Gasteiger partial charge in [-0.25, -0.2) is 0 Å². The van der Waals surface area contributed by atoms with Crippen LogP contribution >= 0.6 is 0 Å². The number of rotatable bonds is 7. The highest BCUT2D eigenvalue weighted by molar-refractivity contribution is 6.74. The van der Waals surface area contributed by atoms with E-state index in [9.17, 15) is 0 Å². The largest absolute Gasteiger partial charge is 0.461 e. The van der Waals surface area contributed by atoms with E-state index in [1.807, 2.05) is 0 Å². The Morgan fingerprint density at radius 2 is 1.73 bits per heavy atom. The number of hydrogen-bond acceptors (Lipinski definition) is 3. The summed E-state index contributed by atoms with van der Waals surface area (Å²) in [7, 11) is -1.80. The quantitative estimate of drug-likeness (QED) is 0.520. The molecule has 1 unspecified atom stereocenters. The van der Waals surface area contributed by atoms with Gasteiger partial charge < -0.3 is 8.84 Å². The molecule has 26 heavy (non-hydrogen) atoms. The van der Waals surface area contributed by atoms with Crippen LogP contribution in [0.25, 0.3) is 11.0 Å². The molecule has 2 rings (SSSR count). The predicted molar refractivity (Wildman–Crippen MR) is 114 cm³/mol. The van der Waals surface area contributed by atoms with E-state index in [-0.39, 0.29) is 11.1 Å². The van der Waals surface area contributed by atoms with Crippen LogP contribution in [0.2, 0.25) is 18.1 Å². The fraction of sp³-hybridized carbons (Fsp3) is 0.636. The zero-order valence-electron chi connectivity index (χ0n) is 18.2. The first-order valence-corrected chi connectivity index (χ1v) is 12.8. The highest BCUT2D eigenvalue weighted by Crippen LogP contribution is 2.39. The van der Waals surface area contributed by atoms with Gasteiger partial charge in [0, 0.05) is 10.9 Å². The van der Waals surface area contributed by atoms with Gasteiger partial charge >= 0.3 is 0 Å². The molecular weight excluding hydrogens is 338 g/mol. The summed E-state index contributed by atoms with van der Waals surface area (Å²) in [5.74, 6) is 1.01. The molecule has 3 nitrogen and oxygen atoms in total. The lowest BCUT2D eigenvalue weighted by atomic mass is 10.0. The Hall–Kier alpha value is -1.10. The van der Waals surface area contributed by atoms with E-state index in [2.05, 4.69) is 84.7 Å². The van der Waals surface area contributed by atoms with Crippen molar-refractivity contribution in [2.75, 3.05) is 19.7 Å². The molecule has 4 heteroatoms. The maximum absolute atomic E-state index is 6.64. The second-order valence-electron chi connectivity index (χ2n) is 8.82. The predicted octanol–water partition coefficient (Wildman–Crippen LogP) is 6.45. The van der Waals surface area contributed by atoms with E-state index in [1.54, 1.807) is 0 Å². The average Bonchev–Trinajstić information content (AvgIpc) is 2.85. The molecule has 0 amide bonds. The number of furan rings is 1. The molecule has 146 valence electrons. The maximum atomic E-state index is 6.64. The third-order valence-electron chi connectivity index (χ3n) is 6.25. The maximum Gasteiger partial charge on any atom is 0.192 e. The van der Waals surface area contributed by atoms with Crippen molar-refractivity contribution >= 4 is 19.3 Å². The lowest BCUT2D eigenvalue weighted by Crippen LogP contribution is -2.43. The van der Waals surface area contributed by atoms with Gasteiger partial charge in [-0.3, -0.25) is 4.90 Å². The van der Waals surface area contributed by atoms with E-state index in [0.717, 1.165) is 31.0 Å². The van der Waals surface area contributed by atoms with Gasteiger partial charge in [0.1, 0.15) is 11.3 Å². The fourth-order valence-electron chi connectivity index (χ4n) is 3.21. The van der Waals surface area contributed by atoms with Crippen molar-refractivity contribution in [2.45, 2.75) is 72.6 Å². The van der Waals surface area contributed by atoms with Crippen LogP contribution in [0.3, 0.4) is 0 Å². The van der Waals surface area contributed by atoms with Crippen molar-refractivity contribution in [3.8, 4) is 0 Å². The Morgan fingerprint density at radius 3 is 2.27 bits per heavy atom. The molecular formula is C22H37NO2Si. The van der Waals surface area contributed by atoms with Crippen LogP contribution in [0.1, 0.15) is 57.5 Å². The minimum absolute atomic E-state index is 0.213. The van der Waals surface area contributed by atoms with E-state index < -0.39 is 8.32 Å². The molecule has 1 heterocycles. The minimum Gasteiger partial charge on any atom is -0.461 e. The van der Waals surface area contributed by atoms with Gasteiger partial charge in [0.2, 0.25) is 0 Å². The second-order valence-corrected chi connectivity index (χ2v) is 13.6. The second kappa shape index (κ2) is 7.87. The first-order valence-electron chi connectivity index (χ1n) is 9.90. The van der Waals surface area contributed by atoms with E-state index >= 15 is 0 Å². The van der Waals surface area contributed by atoms with Crippen LogP contribution in [0.4, 0.5) is 0 Å². The summed E-state index contributed by atoms with van der Waals surface area (Å²) >= 11 is 0. The molecule has 0 spiro atoms. The molecule has 0 bridgehead atoms. The summed E-state index contributed by atoms with van der Waals surface area (Å²) in [5, 5.41) is 1.44. The molecule has 2 aromatic rings. The summed E-state index contributed by atoms with van der Waals surface area (Å²) in [6.07, 6.45) is 0. The molecule has 1 atom stereocenters. The van der Waals surface area contributed by atoms with Gasteiger partial charge in [0.25, 0.3) is 0 Å². The minimum atomic E-state index is -1.80. The van der Waals surface area contributed by atoms with Crippen molar-refractivity contribution in [1.29, 1.82) is 0 Å². The van der Waals surface area contributed by atoms with E-state index in [1.165, 1.54) is 16.5 Å². The van der Waals surface area contributed by atoms with Crippen molar-refractivity contribution in [3.63, 3.8) is 0 Å². The average molecular weight is 376 g/mol. The number of nitrogens with zero attached hydrogens (tertiary/aromatic N) is 1. The number of hydrogen-bond donors (Lipinski definition) is 0. The fourth-order valence-corrected chi connectivity index (χ4v) is 4.21. The Labute approximate surface area is 160 Å². The summed E-state index contributed by atoms with van der Waals surface area (Å²) in [4.78, 5) is 2.48. The summed E-state index contributed by atoms with van der Waals surface area (Å²) in [6, 6.07) is 6.75. The Kier molecular flexibility index (Phi) is 6.42. The van der Waals surface area contributed by atoms with Gasteiger partial charge in [-0.05, 0) is 50.6 Å². The van der Waals surface area contributed by atoms with Crippen molar-refractivity contribution in [2.24, 2.45) is 0 Å². The van der Waals surface area contributed by atoms with Gasteiger partial charge in [0.15, 0.2) is 8.32 Å². The molecule has 0 aliphatic rings. The normalized spacial score (nSPS) is 14.4. The van der Waals surface area contributed by atoms with E-state index in [4.69, 9.17) is 8.84 Å². The first kappa shape index (κ1) is 21.2. The standard InChI is InChI=1S/C22H37NO2Si/c1-10-23(11-2)20(15-24-26(8,9)22(5,6)7)19-14-12-13-18-16(3)17(4)25-21(18)19/h12-14,20H,10-11,15H2,1-9H3. The van der Waals surface area contributed by atoms with Gasteiger partial charge in [-0.15, -0.1) is 0 Å². The molecule has 0 saturated carbocycles. The topological polar surface area (TPSA) is 25.6 Å². The summed E-state index contributed by atoms with van der Waals surface area (Å²) < 4.78 is 12.8. The first-order chi connectivity index (χ1) is 12.0. The molecule has 0 N–H and O–H groups in total. The van der Waals surface area contributed by atoms with Crippen LogP contribution in [-0.4, -0.2) is 32.9 Å².